The van der Waals surface area contributed by atoms with Crippen molar-refractivity contribution in [1.82, 2.24) is 0 Å². The number of imide groups is 1. The van der Waals surface area contributed by atoms with Gasteiger partial charge in [-0.15, -0.1) is 4.48 Å². The van der Waals surface area contributed by atoms with E-state index in [1.165, 1.54) is 0 Å². The van der Waals surface area contributed by atoms with Gasteiger partial charge in [-0.2, -0.15) is 9.28 Å². The predicted octanol–water partition coefficient (Wildman–Crippen LogP) is 1.76. The molecule has 5 nitrogen and oxygen atoms in total. The second-order valence-electron chi connectivity index (χ2n) is 7.54. The molecular formula is C15H30N3O2+3. The van der Waals surface area contributed by atoms with Crippen LogP contribution in [0, 0.1) is 5.92 Å². The van der Waals surface area contributed by atoms with Crippen LogP contribution in [0.25, 0.3) is 0 Å². The van der Waals surface area contributed by atoms with Crippen molar-refractivity contribution in [2.75, 3.05) is 48.8 Å². The first-order valence-corrected chi connectivity index (χ1v) is 7.20. The molecule has 114 valence electrons. The molecule has 0 aromatic rings. The van der Waals surface area contributed by atoms with Crippen LogP contribution in [0.5, 0.6) is 0 Å². The summed E-state index contributed by atoms with van der Waals surface area (Å²) in [6.07, 6.45) is 2.76. The van der Waals surface area contributed by atoms with Gasteiger partial charge in [0.15, 0.2) is 6.20 Å². The van der Waals surface area contributed by atoms with Crippen molar-refractivity contribution in [3.8, 4) is 0 Å². The van der Waals surface area contributed by atoms with Gasteiger partial charge in [0, 0.05) is 5.92 Å². The van der Waals surface area contributed by atoms with Crippen molar-refractivity contribution in [3.05, 3.63) is 11.9 Å². The molecule has 2 unspecified atom stereocenters. The van der Waals surface area contributed by atoms with Gasteiger partial charge in [-0.05, 0) is 6.42 Å². The van der Waals surface area contributed by atoms with Crippen LogP contribution >= 0.6 is 0 Å². The molecule has 1 aliphatic rings. The molecule has 3 amide bonds. The molecule has 0 saturated heterocycles. The Morgan fingerprint density at radius 2 is 1.65 bits per heavy atom. The number of rotatable bonds is 4. The number of urea groups is 1. The molecule has 0 aromatic heterocycles. The highest BCUT2D eigenvalue weighted by molar-refractivity contribution is 5.93. The lowest BCUT2D eigenvalue weighted by Crippen LogP contribution is -2.69. The van der Waals surface area contributed by atoms with Crippen molar-refractivity contribution < 1.29 is 23.0 Å². The van der Waals surface area contributed by atoms with Gasteiger partial charge in [-0.3, -0.25) is 4.48 Å². The number of nitrogens with zero attached hydrogens (tertiary/aromatic N) is 3. The Morgan fingerprint density at radius 1 is 1.15 bits per heavy atom. The van der Waals surface area contributed by atoms with E-state index in [2.05, 4.69) is 13.8 Å². The van der Waals surface area contributed by atoms with Crippen molar-refractivity contribution in [1.29, 1.82) is 0 Å². The molecule has 20 heavy (non-hydrogen) atoms. The summed E-state index contributed by atoms with van der Waals surface area (Å²) in [6, 6.07) is -0.0625. The third-order valence-corrected chi connectivity index (χ3v) is 4.12. The predicted molar refractivity (Wildman–Crippen MR) is 79.1 cm³/mol. The minimum absolute atomic E-state index is 0.0625. The fourth-order valence-corrected chi connectivity index (χ4v) is 2.70. The van der Waals surface area contributed by atoms with E-state index in [-0.39, 0.29) is 20.9 Å². The summed E-state index contributed by atoms with van der Waals surface area (Å²) in [4.78, 5) is 25.7. The average Bonchev–Trinajstić information content (AvgIpc) is 2.31. The number of hydrogen-bond acceptors (Lipinski definition) is 2. The van der Waals surface area contributed by atoms with Gasteiger partial charge in [-0.25, -0.2) is 4.79 Å². The van der Waals surface area contributed by atoms with Gasteiger partial charge >= 0.3 is 11.9 Å². The van der Waals surface area contributed by atoms with Crippen molar-refractivity contribution >= 4 is 11.9 Å². The lowest BCUT2D eigenvalue weighted by Gasteiger charge is -2.40. The fourth-order valence-electron chi connectivity index (χ4n) is 2.70. The summed E-state index contributed by atoms with van der Waals surface area (Å²) >= 11 is 0. The van der Waals surface area contributed by atoms with E-state index in [1.807, 2.05) is 35.2 Å². The Labute approximate surface area is 122 Å². The number of carbonyl (C=O) groups is 2. The average molecular weight is 284 g/mol. The summed E-state index contributed by atoms with van der Waals surface area (Å²) < 4.78 is 0.412. The highest BCUT2D eigenvalue weighted by Gasteiger charge is 2.59. The second kappa shape index (κ2) is 5.06. The molecule has 0 aromatic carbocycles. The summed E-state index contributed by atoms with van der Waals surface area (Å²) in [7, 11) is 11.3. The molecule has 2 atom stereocenters. The summed E-state index contributed by atoms with van der Waals surface area (Å²) in [5, 5.41) is 0. The fraction of sp³-hybridized carbons (Fsp3) is 0.733. The highest BCUT2D eigenvalue weighted by atomic mass is 16.2. The number of quaternary nitrogens is 3. The van der Waals surface area contributed by atoms with Crippen molar-refractivity contribution in [2.45, 2.75) is 20.3 Å². The first-order valence-electron chi connectivity index (χ1n) is 7.20. The van der Waals surface area contributed by atoms with Crippen molar-refractivity contribution in [2.24, 2.45) is 5.92 Å². The van der Waals surface area contributed by atoms with Crippen LogP contribution in [0.2, 0.25) is 0 Å². The normalized spacial score (nSPS) is 28.3. The van der Waals surface area contributed by atoms with Crippen LogP contribution in [0.4, 0.5) is 4.79 Å². The molecule has 1 aliphatic heterocycles. The van der Waals surface area contributed by atoms with Crippen LogP contribution < -0.4 is 0 Å². The van der Waals surface area contributed by atoms with E-state index in [9.17, 15) is 9.59 Å². The zero-order chi connectivity index (χ0) is 15.9. The minimum atomic E-state index is -0.136. The Kier molecular flexibility index (Phi) is 4.30. The van der Waals surface area contributed by atoms with E-state index >= 15 is 0 Å². The second-order valence-corrected chi connectivity index (χ2v) is 7.54. The van der Waals surface area contributed by atoms with Gasteiger partial charge in [0.25, 0.3) is 5.70 Å². The third-order valence-electron chi connectivity index (χ3n) is 4.12. The molecule has 0 N–H and O–H groups in total. The van der Waals surface area contributed by atoms with E-state index < -0.39 is 0 Å². The molecule has 0 bridgehead atoms. The van der Waals surface area contributed by atoms with Crippen LogP contribution in [-0.2, 0) is 4.79 Å². The number of likely N-dealkylation sites (N-methyl/N-ethyl adjacent to an activating group) is 2. The van der Waals surface area contributed by atoms with Crippen molar-refractivity contribution in [3.63, 3.8) is 0 Å². The van der Waals surface area contributed by atoms with Crippen LogP contribution in [-0.4, -0.2) is 74.2 Å². The van der Waals surface area contributed by atoms with E-state index in [4.69, 9.17) is 0 Å². The maximum absolute atomic E-state index is 12.9. The lowest BCUT2D eigenvalue weighted by atomic mass is 10.1. The summed E-state index contributed by atoms with van der Waals surface area (Å²) in [5.74, 6) is 0.264. The quantitative estimate of drug-likeness (QED) is 0.737. The van der Waals surface area contributed by atoms with E-state index in [0.29, 0.717) is 22.6 Å². The van der Waals surface area contributed by atoms with Crippen LogP contribution in [0.3, 0.4) is 0 Å². The Balaban J connectivity index is 3.38. The summed E-state index contributed by atoms with van der Waals surface area (Å²) in [5.41, 5.74) is 0.695. The molecule has 0 radical (unpaired) electrons. The zero-order valence-corrected chi connectivity index (χ0v) is 14.2. The Bertz CT molecular complexity index is 460. The monoisotopic (exact) mass is 284 g/mol. The van der Waals surface area contributed by atoms with E-state index in [0.717, 1.165) is 6.42 Å². The number of hydrogen-bond donors (Lipinski definition) is 0. The molecule has 0 saturated carbocycles. The molecule has 0 aliphatic carbocycles. The molecule has 0 fully saturated rings. The standard InChI is InChI=1S/C15H30N3O2/c1-9-12(2)10-18(8)14(19)13(16(3,4)5)11-17(6,7)15(18)20/h11-12H,9-10H2,1-8H3/q+3. The molecular weight excluding hydrogens is 254 g/mol. The Hall–Kier alpha value is -1.04. The van der Waals surface area contributed by atoms with Gasteiger partial charge in [0.2, 0.25) is 0 Å². The maximum atomic E-state index is 12.9. The van der Waals surface area contributed by atoms with Crippen LogP contribution in [0.15, 0.2) is 11.9 Å². The smallest absolute Gasteiger partial charge is 0.285 e. The molecule has 1 rings (SSSR count). The van der Waals surface area contributed by atoms with Gasteiger partial charge in [0.05, 0.1) is 42.3 Å². The maximum Gasteiger partial charge on any atom is 0.526 e. The SMILES string of the molecule is CCC(C)C[N+]1(C)C(=O)C([N+](C)(C)C)=C[N+](C)(C)C1=O. The Morgan fingerprint density at radius 3 is 2.05 bits per heavy atom. The minimum Gasteiger partial charge on any atom is -0.285 e. The third kappa shape index (κ3) is 2.85. The molecule has 5 heteroatoms. The van der Waals surface area contributed by atoms with Gasteiger partial charge in [-0.1, -0.05) is 13.8 Å². The number of carbonyl (C=O) groups excluding carboxylic acids is 2. The largest absolute Gasteiger partial charge is 0.526 e. The van der Waals surface area contributed by atoms with E-state index in [1.54, 1.807) is 13.2 Å². The van der Waals surface area contributed by atoms with Gasteiger partial charge < -0.3 is 0 Å². The number of amides is 3. The highest BCUT2D eigenvalue weighted by Crippen LogP contribution is 2.29. The topological polar surface area (TPSA) is 34.1 Å². The van der Waals surface area contributed by atoms with Crippen LogP contribution in [0.1, 0.15) is 20.3 Å². The van der Waals surface area contributed by atoms with Gasteiger partial charge in [0.1, 0.15) is 6.54 Å². The first-order chi connectivity index (χ1) is 8.86. The lowest BCUT2D eigenvalue weighted by molar-refractivity contribution is -0.912. The first kappa shape index (κ1) is 17.0. The zero-order valence-electron chi connectivity index (χ0n) is 14.2. The summed E-state index contributed by atoms with van der Waals surface area (Å²) in [6.45, 7) is 4.74. The molecule has 1 heterocycles. The molecule has 0 spiro atoms.